The Hall–Kier alpha value is -2.57. The largest absolute Gasteiger partial charge is 0.457 e. The summed E-state index contributed by atoms with van der Waals surface area (Å²) in [5.41, 5.74) is 2.02. The van der Waals surface area contributed by atoms with Crippen molar-refractivity contribution in [3.05, 3.63) is 78.2 Å². The van der Waals surface area contributed by atoms with Crippen molar-refractivity contribution in [3.63, 3.8) is 0 Å². The summed E-state index contributed by atoms with van der Waals surface area (Å²) in [6.45, 7) is 4.13. The number of carbonyl (C=O) groups excluding carboxylic acids is 1. The lowest BCUT2D eigenvalue weighted by atomic mass is 9.91. The number of nitrogens with one attached hydrogen (secondary N) is 1. The molecule has 2 heterocycles. The van der Waals surface area contributed by atoms with Crippen molar-refractivity contribution < 1.29 is 9.53 Å². The van der Waals surface area contributed by atoms with Gasteiger partial charge < -0.3 is 10.1 Å². The maximum absolute atomic E-state index is 13.0. The van der Waals surface area contributed by atoms with Crippen LogP contribution in [0.15, 0.2) is 72.7 Å². The summed E-state index contributed by atoms with van der Waals surface area (Å²) in [7, 11) is 0. The van der Waals surface area contributed by atoms with E-state index in [9.17, 15) is 4.79 Å². The highest BCUT2D eigenvalue weighted by Crippen LogP contribution is 2.43. The van der Waals surface area contributed by atoms with Crippen molar-refractivity contribution >= 4 is 40.6 Å². The Bertz CT molecular complexity index is 910. The van der Waals surface area contributed by atoms with Crippen molar-refractivity contribution in [1.29, 1.82) is 0 Å². The van der Waals surface area contributed by atoms with Crippen LogP contribution in [0.3, 0.4) is 0 Å². The Morgan fingerprint density at radius 1 is 1.15 bits per heavy atom. The number of hydrogen-bond acceptors (Lipinski definition) is 4. The molecular weight excluding hydrogens is 376 g/mol. The fourth-order valence-corrected chi connectivity index (χ4v) is 4.74. The molecule has 0 radical (unpaired) electrons. The van der Waals surface area contributed by atoms with Crippen LogP contribution < -0.4 is 10.1 Å². The van der Waals surface area contributed by atoms with Gasteiger partial charge in [0.25, 0.3) is 0 Å². The van der Waals surface area contributed by atoms with Gasteiger partial charge in [-0.1, -0.05) is 36.4 Å². The minimum atomic E-state index is -0.262. The van der Waals surface area contributed by atoms with E-state index in [4.69, 9.17) is 17.0 Å². The van der Waals surface area contributed by atoms with Crippen LogP contribution in [-0.2, 0) is 4.79 Å². The molecule has 27 heavy (non-hydrogen) atoms. The quantitative estimate of drug-likeness (QED) is 0.601. The summed E-state index contributed by atoms with van der Waals surface area (Å²) in [5, 5.41) is 5.72. The molecule has 136 valence electrons. The second-order valence-electron chi connectivity index (χ2n) is 6.23. The zero-order valence-corrected chi connectivity index (χ0v) is 16.1. The van der Waals surface area contributed by atoms with Gasteiger partial charge in [0.05, 0.1) is 11.3 Å². The molecule has 2 aliphatic rings. The van der Waals surface area contributed by atoms with Crippen molar-refractivity contribution in [2.75, 3.05) is 6.54 Å². The Kier molecular flexibility index (Phi) is 5.01. The van der Waals surface area contributed by atoms with Crippen LogP contribution in [0.5, 0.6) is 11.5 Å². The summed E-state index contributed by atoms with van der Waals surface area (Å²) in [4.78, 5) is 14.6. The molecule has 0 saturated carbocycles. The Morgan fingerprint density at radius 2 is 1.85 bits per heavy atom. The van der Waals surface area contributed by atoms with Crippen LogP contribution in [0.25, 0.3) is 5.57 Å². The number of thiocarbonyl (C=S) groups is 1. The average Bonchev–Trinajstić information content (AvgIpc) is 3.10. The monoisotopic (exact) mass is 394 g/mol. The smallest absolute Gasteiger partial charge is 0.239 e. The number of fused-ring (bicyclic) bond motifs is 1. The first-order valence-electron chi connectivity index (χ1n) is 8.59. The Balaban J connectivity index is 1.54. The molecule has 0 bridgehead atoms. The lowest BCUT2D eigenvalue weighted by Crippen LogP contribution is -2.57. The molecule has 2 aromatic rings. The molecule has 2 aliphatic heterocycles. The number of rotatable bonds is 5. The van der Waals surface area contributed by atoms with Gasteiger partial charge in [-0.05, 0) is 53.0 Å². The number of ether oxygens (including phenoxy) is 1. The van der Waals surface area contributed by atoms with Crippen LogP contribution >= 0.6 is 24.0 Å². The van der Waals surface area contributed by atoms with E-state index in [2.05, 4.69) is 11.9 Å². The SMILES string of the molecule is C=CCN1C(=O)C2C(c3ccc(Oc4ccccc4)cc3)=CSC2NC1=S. The number of thioether (sulfide) groups is 1. The van der Waals surface area contributed by atoms with Gasteiger partial charge in [0.1, 0.15) is 11.5 Å². The van der Waals surface area contributed by atoms with E-state index >= 15 is 0 Å². The third kappa shape index (κ3) is 3.50. The standard InChI is InChI=1S/C21H18N2O2S2/c1-2-12-23-20(24)18-17(13-27-19(18)22-21(23)26)14-8-10-16(11-9-14)25-15-6-4-3-5-7-15/h2-11,13,18-19H,1,12H2,(H,22,26). The molecule has 0 aromatic heterocycles. The maximum Gasteiger partial charge on any atom is 0.239 e. The fraction of sp³-hybridized carbons (Fsp3) is 0.143. The first kappa shape index (κ1) is 17.8. The van der Waals surface area contributed by atoms with E-state index < -0.39 is 0 Å². The molecule has 4 nitrogen and oxygen atoms in total. The molecule has 0 aliphatic carbocycles. The molecule has 1 N–H and O–H groups in total. The second kappa shape index (κ2) is 7.58. The van der Waals surface area contributed by atoms with Crippen molar-refractivity contribution in [1.82, 2.24) is 10.2 Å². The van der Waals surface area contributed by atoms with Gasteiger partial charge in [-0.25, -0.2) is 0 Å². The average molecular weight is 395 g/mol. The lowest BCUT2D eigenvalue weighted by molar-refractivity contribution is -0.130. The third-order valence-corrected chi connectivity index (χ3v) is 5.91. The van der Waals surface area contributed by atoms with E-state index in [0.29, 0.717) is 11.7 Å². The van der Waals surface area contributed by atoms with Gasteiger partial charge in [0.15, 0.2) is 5.11 Å². The molecule has 1 fully saturated rings. The van der Waals surface area contributed by atoms with E-state index in [1.165, 1.54) is 0 Å². The minimum absolute atomic E-state index is 0.0181. The van der Waals surface area contributed by atoms with E-state index in [1.807, 2.05) is 60.0 Å². The molecule has 2 aromatic carbocycles. The molecule has 1 saturated heterocycles. The Labute approximate surface area is 167 Å². The first-order chi connectivity index (χ1) is 13.2. The predicted molar refractivity (Wildman–Crippen MR) is 113 cm³/mol. The zero-order valence-electron chi connectivity index (χ0n) is 14.5. The number of amides is 1. The normalized spacial score (nSPS) is 21.3. The number of nitrogens with zero attached hydrogens (tertiary/aromatic N) is 1. The highest BCUT2D eigenvalue weighted by molar-refractivity contribution is 8.03. The molecule has 6 heteroatoms. The third-order valence-electron chi connectivity index (χ3n) is 4.50. The summed E-state index contributed by atoms with van der Waals surface area (Å²) in [6.07, 6.45) is 1.69. The van der Waals surface area contributed by atoms with E-state index in [-0.39, 0.29) is 17.2 Å². The highest BCUT2D eigenvalue weighted by atomic mass is 32.2. The number of benzene rings is 2. The Morgan fingerprint density at radius 3 is 2.56 bits per heavy atom. The number of hydrogen-bond donors (Lipinski definition) is 1. The molecule has 2 unspecified atom stereocenters. The van der Waals surface area contributed by atoms with Gasteiger partial charge in [0, 0.05) is 6.54 Å². The van der Waals surface area contributed by atoms with Crippen LogP contribution in [0.1, 0.15) is 5.56 Å². The second-order valence-corrected chi connectivity index (χ2v) is 7.64. The van der Waals surface area contributed by atoms with Gasteiger partial charge in [0.2, 0.25) is 5.91 Å². The van der Waals surface area contributed by atoms with E-state index in [0.717, 1.165) is 22.6 Å². The molecule has 4 rings (SSSR count). The van der Waals surface area contributed by atoms with Crippen molar-refractivity contribution in [3.8, 4) is 11.5 Å². The number of carbonyl (C=O) groups is 1. The van der Waals surface area contributed by atoms with Crippen LogP contribution in [-0.4, -0.2) is 27.8 Å². The van der Waals surface area contributed by atoms with Gasteiger partial charge >= 0.3 is 0 Å². The minimum Gasteiger partial charge on any atom is -0.457 e. The molecule has 0 spiro atoms. The zero-order chi connectivity index (χ0) is 18.8. The van der Waals surface area contributed by atoms with Gasteiger partial charge in [-0.2, -0.15) is 0 Å². The summed E-state index contributed by atoms with van der Waals surface area (Å²) in [6, 6.07) is 17.5. The maximum atomic E-state index is 13.0. The van der Waals surface area contributed by atoms with Crippen LogP contribution in [0, 0.1) is 5.92 Å². The highest BCUT2D eigenvalue weighted by Gasteiger charge is 2.44. The number of para-hydroxylation sites is 1. The van der Waals surface area contributed by atoms with Gasteiger partial charge in [-0.15, -0.1) is 18.3 Å². The summed E-state index contributed by atoms with van der Waals surface area (Å²) in [5.74, 6) is 1.31. The molecule has 1 amide bonds. The van der Waals surface area contributed by atoms with E-state index in [1.54, 1.807) is 22.7 Å². The summed E-state index contributed by atoms with van der Waals surface area (Å²) < 4.78 is 5.85. The fourth-order valence-electron chi connectivity index (χ4n) is 3.20. The first-order valence-corrected chi connectivity index (χ1v) is 9.94. The van der Waals surface area contributed by atoms with Gasteiger partial charge in [-0.3, -0.25) is 9.69 Å². The van der Waals surface area contributed by atoms with Crippen molar-refractivity contribution in [2.24, 2.45) is 5.92 Å². The van der Waals surface area contributed by atoms with Crippen LogP contribution in [0.4, 0.5) is 0 Å². The van der Waals surface area contributed by atoms with Crippen LogP contribution in [0.2, 0.25) is 0 Å². The predicted octanol–water partition coefficient (Wildman–Crippen LogP) is 4.41. The lowest BCUT2D eigenvalue weighted by Gasteiger charge is -2.36. The molecular formula is C21H18N2O2S2. The summed E-state index contributed by atoms with van der Waals surface area (Å²) >= 11 is 6.92. The van der Waals surface area contributed by atoms with Crippen molar-refractivity contribution in [2.45, 2.75) is 5.37 Å². The molecule has 2 atom stereocenters. The topological polar surface area (TPSA) is 41.6 Å².